The van der Waals surface area contributed by atoms with Crippen LogP contribution in [0.15, 0.2) is 18.5 Å². The van der Waals surface area contributed by atoms with Crippen LogP contribution in [0.4, 0.5) is 5.69 Å². The van der Waals surface area contributed by atoms with Gasteiger partial charge in [-0.3, -0.25) is 14.6 Å². The van der Waals surface area contributed by atoms with Gasteiger partial charge in [-0.25, -0.2) is 0 Å². The Balaban J connectivity index is 1.92. The lowest BCUT2D eigenvalue weighted by molar-refractivity contribution is -0.140. The molecule has 1 atom stereocenters. The van der Waals surface area contributed by atoms with Crippen LogP contribution < -0.4 is 10.1 Å². The molecule has 0 fully saturated rings. The Bertz CT molecular complexity index is 593. The molecule has 0 radical (unpaired) electrons. The van der Waals surface area contributed by atoms with Gasteiger partial charge in [0.1, 0.15) is 17.5 Å². The highest BCUT2D eigenvalue weighted by Gasteiger charge is 2.20. The van der Waals surface area contributed by atoms with Gasteiger partial charge < -0.3 is 19.5 Å². The Kier molecular flexibility index (Phi) is 9.62. The molecule has 1 aromatic rings. The molecule has 1 amide bonds. The first kappa shape index (κ1) is 21.2. The van der Waals surface area contributed by atoms with Crippen molar-refractivity contribution in [1.29, 1.82) is 0 Å². The highest BCUT2D eigenvalue weighted by Crippen LogP contribution is 2.24. The minimum atomic E-state index is -0.517. The van der Waals surface area contributed by atoms with Crippen LogP contribution in [0, 0.1) is 0 Å². The predicted octanol–water partition coefficient (Wildman–Crippen LogP) is 3.48. The fourth-order valence-corrected chi connectivity index (χ4v) is 2.95. The predicted molar refractivity (Wildman–Crippen MR) is 102 cm³/mol. The molecule has 2 rings (SSSR count). The third-order valence-corrected chi connectivity index (χ3v) is 4.52. The van der Waals surface area contributed by atoms with E-state index in [1.807, 2.05) is 0 Å². The van der Waals surface area contributed by atoms with E-state index in [0.717, 1.165) is 44.9 Å². The van der Waals surface area contributed by atoms with Gasteiger partial charge in [-0.1, -0.05) is 19.3 Å². The summed E-state index contributed by atoms with van der Waals surface area (Å²) < 4.78 is 16.3. The third kappa shape index (κ3) is 7.95. The summed E-state index contributed by atoms with van der Waals surface area (Å²) in [5.74, 6) is 0.254. The van der Waals surface area contributed by atoms with Gasteiger partial charge >= 0.3 is 5.97 Å². The lowest BCUT2D eigenvalue weighted by atomic mass is 10.1. The molecule has 7 heteroatoms. The summed E-state index contributed by atoms with van der Waals surface area (Å²) >= 11 is 0. The van der Waals surface area contributed by atoms with Gasteiger partial charge in [-0.05, 0) is 32.1 Å². The number of unbranched alkanes of at least 4 members (excludes halogenated alkanes) is 2. The Hall–Kier alpha value is -2.15. The largest absolute Gasteiger partial charge is 0.491 e. The zero-order chi connectivity index (χ0) is 19.3. The number of carbonyl (C=O) groups excluding carboxylic acids is 2. The van der Waals surface area contributed by atoms with E-state index < -0.39 is 6.10 Å². The van der Waals surface area contributed by atoms with E-state index in [0.29, 0.717) is 37.5 Å². The van der Waals surface area contributed by atoms with E-state index >= 15 is 0 Å². The standard InChI is InChI=1S/C20H30N2O5/c1-25-19(23)10-6-4-5-9-18-20(24)22-16-15-21-12-11-17(16)26-13-7-2-3-8-14-27-18/h11-12,15,18H,2-10,13-14H2,1H3,(H,22,24). The molecule has 0 aromatic carbocycles. The average molecular weight is 378 g/mol. The maximum absolute atomic E-state index is 12.7. The van der Waals surface area contributed by atoms with Crippen LogP contribution in [0.25, 0.3) is 0 Å². The Labute approximate surface area is 160 Å². The smallest absolute Gasteiger partial charge is 0.305 e. The number of aromatic nitrogens is 1. The molecule has 0 saturated carbocycles. The van der Waals surface area contributed by atoms with Gasteiger partial charge in [0.15, 0.2) is 0 Å². The zero-order valence-electron chi connectivity index (χ0n) is 16.1. The first-order valence-electron chi connectivity index (χ1n) is 9.77. The van der Waals surface area contributed by atoms with Gasteiger partial charge in [0.05, 0.1) is 19.9 Å². The molecule has 1 N–H and O–H groups in total. The molecule has 1 aromatic heterocycles. The molecule has 0 saturated heterocycles. The molecule has 1 unspecified atom stereocenters. The Morgan fingerprint density at radius 1 is 1.22 bits per heavy atom. The molecule has 7 nitrogen and oxygen atoms in total. The lowest BCUT2D eigenvalue weighted by Crippen LogP contribution is -2.31. The summed E-state index contributed by atoms with van der Waals surface area (Å²) in [7, 11) is 1.39. The van der Waals surface area contributed by atoms with Gasteiger partial charge in [-0.15, -0.1) is 0 Å². The van der Waals surface area contributed by atoms with Crippen molar-refractivity contribution in [2.45, 2.75) is 63.9 Å². The first-order chi connectivity index (χ1) is 13.2. The number of hydrogen-bond acceptors (Lipinski definition) is 6. The van der Waals surface area contributed by atoms with E-state index in [-0.39, 0.29) is 11.9 Å². The molecule has 2 heterocycles. The fraction of sp³-hybridized carbons (Fsp3) is 0.650. The molecule has 1 aliphatic heterocycles. The highest BCUT2D eigenvalue weighted by atomic mass is 16.5. The first-order valence-corrected chi connectivity index (χ1v) is 9.77. The number of esters is 1. The molecular formula is C20H30N2O5. The van der Waals surface area contributed by atoms with Gasteiger partial charge in [-0.2, -0.15) is 0 Å². The van der Waals surface area contributed by atoms with Crippen molar-refractivity contribution in [2.24, 2.45) is 0 Å². The van der Waals surface area contributed by atoms with Crippen LogP contribution >= 0.6 is 0 Å². The van der Waals surface area contributed by atoms with E-state index in [1.54, 1.807) is 18.5 Å². The van der Waals surface area contributed by atoms with Crippen LogP contribution in [-0.2, 0) is 19.1 Å². The van der Waals surface area contributed by atoms with Gasteiger partial charge in [0.2, 0.25) is 0 Å². The number of rotatable bonds is 6. The second kappa shape index (κ2) is 12.3. The number of nitrogens with one attached hydrogen (secondary N) is 1. The van der Waals surface area contributed by atoms with Crippen LogP contribution in [0.2, 0.25) is 0 Å². The Morgan fingerprint density at radius 2 is 2.04 bits per heavy atom. The summed E-state index contributed by atoms with van der Waals surface area (Å²) in [5.41, 5.74) is 0.570. The molecule has 0 aliphatic carbocycles. The van der Waals surface area contributed by atoms with Crippen LogP contribution in [0.3, 0.4) is 0 Å². The average Bonchev–Trinajstić information content (AvgIpc) is 2.69. The third-order valence-electron chi connectivity index (χ3n) is 4.52. The second-order valence-electron chi connectivity index (χ2n) is 6.66. The molecule has 1 aliphatic rings. The van der Waals surface area contributed by atoms with Crippen molar-refractivity contribution in [3.8, 4) is 5.75 Å². The fourth-order valence-electron chi connectivity index (χ4n) is 2.95. The number of amides is 1. The highest BCUT2D eigenvalue weighted by molar-refractivity contribution is 5.95. The lowest BCUT2D eigenvalue weighted by Gasteiger charge is -2.18. The van der Waals surface area contributed by atoms with Gasteiger partial charge in [0, 0.05) is 25.3 Å². The summed E-state index contributed by atoms with van der Waals surface area (Å²) in [6, 6.07) is 1.76. The van der Waals surface area contributed by atoms with Crippen LogP contribution in [0.1, 0.15) is 57.8 Å². The molecule has 150 valence electrons. The number of methoxy groups -OCH3 is 1. The van der Waals surface area contributed by atoms with Crippen molar-refractivity contribution >= 4 is 17.6 Å². The number of carbonyl (C=O) groups is 2. The summed E-state index contributed by atoms with van der Waals surface area (Å²) in [4.78, 5) is 27.9. The molecule has 0 bridgehead atoms. The number of anilines is 1. The minimum absolute atomic E-state index is 0.180. The van der Waals surface area contributed by atoms with Crippen molar-refractivity contribution in [3.63, 3.8) is 0 Å². The van der Waals surface area contributed by atoms with Crippen LogP contribution in [0.5, 0.6) is 5.75 Å². The van der Waals surface area contributed by atoms with E-state index in [9.17, 15) is 9.59 Å². The van der Waals surface area contributed by atoms with E-state index in [2.05, 4.69) is 15.0 Å². The zero-order valence-corrected chi connectivity index (χ0v) is 16.1. The van der Waals surface area contributed by atoms with Crippen molar-refractivity contribution in [1.82, 2.24) is 4.98 Å². The minimum Gasteiger partial charge on any atom is -0.491 e. The topological polar surface area (TPSA) is 86.8 Å². The number of fused-ring (bicyclic) bond motifs is 1. The van der Waals surface area contributed by atoms with Crippen LogP contribution in [-0.4, -0.2) is 43.3 Å². The summed E-state index contributed by atoms with van der Waals surface area (Å²) in [6.45, 7) is 1.19. The van der Waals surface area contributed by atoms with Crippen molar-refractivity contribution in [2.75, 3.05) is 25.6 Å². The number of pyridine rings is 1. The summed E-state index contributed by atoms with van der Waals surface area (Å²) in [5, 5.41) is 2.89. The van der Waals surface area contributed by atoms with E-state index in [1.165, 1.54) is 7.11 Å². The van der Waals surface area contributed by atoms with Crippen molar-refractivity contribution in [3.05, 3.63) is 18.5 Å². The maximum atomic E-state index is 12.7. The van der Waals surface area contributed by atoms with Crippen molar-refractivity contribution < 1.29 is 23.8 Å². The molecule has 0 spiro atoms. The molecular weight excluding hydrogens is 348 g/mol. The maximum Gasteiger partial charge on any atom is 0.305 e. The quantitative estimate of drug-likeness (QED) is 0.602. The number of ether oxygens (including phenoxy) is 3. The molecule has 27 heavy (non-hydrogen) atoms. The number of hydrogen-bond donors (Lipinski definition) is 1. The number of nitrogens with zero attached hydrogens (tertiary/aromatic N) is 1. The second-order valence-corrected chi connectivity index (χ2v) is 6.66. The summed E-state index contributed by atoms with van der Waals surface area (Å²) in [6.07, 6.45) is 10.2. The Morgan fingerprint density at radius 3 is 2.85 bits per heavy atom. The van der Waals surface area contributed by atoms with Gasteiger partial charge in [0.25, 0.3) is 5.91 Å². The SMILES string of the molecule is COC(=O)CCCCCC1OCCCCCCOc2ccncc2NC1=O. The normalized spacial score (nSPS) is 18.7. The monoisotopic (exact) mass is 378 g/mol. The van der Waals surface area contributed by atoms with E-state index in [4.69, 9.17) is 9.47 Å².